The van der Waals surface area contributed by atoms with Crippen LogP contribution in [0.25, 0.3) is 0 Å². The van der Waals surface area contributed by atoms with E-state index in [2.05, 4.69) is 19.9 Å². The van der Waals surface area contributed by atoms with Gasteiger partial charge in [-0.1, -0.05) is 20.3 Å². The van der Waals surface area contributed by atoms with Crippen LogP contribution in [0, 0.1) is 17.3 Å². The third-order valence-electron chi connectivity index (χ3n) is 7.27. The lowest BCUT2D eigenvalue weighted by Crippen LogP contribution is -2.42. The van der Waals surface area contributed by atoms with Crippen LogP contribution in [0.3, 0.4) is 0 Å². The first-order chi connectivity index (χ1) is 12.0. The minimum absolute atomic E-state index is 0.0794. The molecule has 136 valence electrons. The van der Waals surface area contributed by atoms with Crippen molar-refractivity contribution in [1.82, 2.24) is 0 Å². The zero-order valence-electron chi connectivity index (χ0n) is 15.5. The lowest BCUT2D eigenvalue weighted by atomic mass is 9.55. The van der Waals surface area contributed by atoms with Gasteiger partial charge in [-0.05, 0) is 79.5 Å². The highest BCUT2D eigenvalue weighted by atomic mass is 16.5. The number of ketones is 1. The number of unbranched alkanes of at least 4 members (excludes halogenated alkanes) is 1. The number of benzene rings is 1. The Morgan fingerprint density at radius 2 is 2.08 bits per heavy atom. The topological polar surface area (TPSA) is 46.5 Å². The monoisotopic (exact) mass is 342 g/mol. The number of hydrogen-bond acceptors (Lipinski definition) is 3. The van der Waals surface area contributed by atoms with Crippen LogP contribution in [0.1, 0.15) is 75.8 Å². The molecule has 3 heteroatoms. The average molecular weight is 342 g/mol. The van der Waals surface area contributed by atoms with Gasteiger partial charge >= 0.3 is 0 Å². The quantitative estimate of drug-likeness (QED) is 0.784. The summed E-state index contributed by atoms with van der Waals surface area (Å²) >= 11 is 0. The summed E-state index contributed by atoms with van der Waals surface area (Å²) in [5.74, 6) is 3.06. The maximum atomic E-state index is 12.4. The fraction of sp³-hybridized carbons (Fsp3) is 0.682. The molecule has 0 aromatic heterocycles. The number of hydrogen-bond donors (Lipinski definition) is 1. The molecule has 0 amide bonds. The summed E-state index contributed by atoms with van der Waals surface area (Å²) in [6, 6.07) is 4.04. The molecule has 1 aromatic carbocycles. The van der Waals surface area contributed by atoms with E-state index in [4.69, 9.17) is 4.74 Å². The van der Waals surface area contributed by atoms with Crippen LogP contribution in [0.4, 0.5) is 0 Å². The Bertz CT molecular complexity index is 680. The highest BCUT2D eigenvalue weighted by molar-refractivity contribution is 5.87. The highest BCUT2D eigenvalue weighted by Gasteiger charge is 2.54. The van der Waals surface area contributed by atoms with Crippen LogP contribution in [-0.2, 0) is 11.2 Å². The molecule has 1 aromatic rings. The van der Waals surface area contributed by atoms with Gasteiger partial charge in [0.25, 0.3) is 0 Å². The van der Waals surface area contributed by atoms with Crippen LogP contribution in [0.5, 0.6) is 11.5 Å². The number of carbonyl (C=O) groups excluding carboxylic acids is 1. The van der Waals surface area contributed by atoms with Gasteiger partial charge in [0.05, 0.1) is 6.61 Å². The van der Waals surface area contributed by atoms with Gasteiger partial charge in [-0.15, -0.1) is 0 Å². The van der Waals surface area contributed by atoms with E-state index in [0.29, 0.717) is 35.9 Å². The molecule has 0 saturated heterocycles. The van der Waals surface area contributed by atoms with Crippen LogP contribution >= 0.6 is 0 Å². The maximum Gasteiger partial charge on any atom is 0.161 e. The van der Waals surface area contributed by atoms with Gasteiger partial charge in [0, 0.05) is 11.8 Å². The second kappa shape index (κ2) is 6.34. The van der Waals surface area contributed by atoms with Crippen molar-refractivity contribution in [2.45, 2.75) is 71.1 Å². The normalized spacial score (nSPS) is 33.5. The Labute approximate surface area is 150 Å². The second-order valence-electron chi connectivity index (χ2n) is 8.55. The van der Waals surface area contributed by atoms with E-state index >= 15 is 0 Å². The van der Waals surface area contributed by atoms with Crippen molar-refractivity contribution in [1.29, 1.82) is 0 Å². The highest BCUT2D eigenvalue weighted by Crippen LogP contribution is 2.60. The molecule has 3 aliphatic rings. The molecule has 2 saturated carbocycles. The number of phenols is 1. The smallest absolute Gasteiger partial charge is 0.161 e. The lowest BCUT2D eigenvalue weighted by molar-refractivity contribution is -0.129. The van der Waals surface area contributed by atoms with Gasteiger partial charge in [0.1, 0.15) is 5.78 Å². The third kappa shape index (κ3) is 2.67. The molecule has 3 nitrogen and oxygen atoms in total. The van der Waals surface area contributed by atoms with Gasteiger partial charge in [-0.2, -0.15) is 0 Å². The molecule has 3 aliphatic carbocycles. The second-order valence-corrected chi connectivity index (χ2v) is 8.55. The van der Waals surface area contributed by atoms with E-state index in [1.165, 1.54) is 17.5 Å². The Hall–Kier alpha value is -1.51. The molecule has 0 radical (unpaired) electrons. The fourth-order valence-corrected chi connectivity index (χ4v) is 5.80. The van der Waals surface area contributed by atoms with Crippen molar-refractivity contribution >= 4 is 5.78 Å². The molecule has 0 heterocycles. The van der Waals surface area contributed by atoms with Crippen molar-refractivity contribution in [2.24, 2.45) is 17.3 Å². The number of aryl methyl sites for hydroxylation is 1. The minimum atomic E-state index is -0.0794. The first-order valence-corrected chi connectivity index (χ1v) is 10.1. The number of aromatic hydroxyl groups is 1. The van der Waals surface area contributed by atoms with E-state index in [9.17, 15) is 9.90 Å². The molecule has 4 rings (SSSR count). The summed E-state index contributed by atoms with van der Waals surface area (Å²) in [5, 5.41) is 10.5. The third-order valence-corrected chi connectivity index (χ3v) is 7.27. The van der Waals surface area contributed by atoms with Crippen LogP contribution in [0.15, 0.2) is 12.1 Å². The summed E-state index contributed by atoms with van der Waals surface area (Å²) in [6.07, 6.45) is 8.23. The Balaban J connectivity index is 1.60. The van der Waals surface area contributed by atoms with Crippen molar-refractivity contribution in [3.63, 3.8) is 0 Å². The van der Waals surface area contributed by atoms with Crippen LogP contribution in [-0.4, -0.2) is 17.5 Å². The summed E-state index contributed by atoms with van der Waals surface area (Å²) < 4.78 is 5.78. The summed E-state index contributed by atoms with van der Waals surface area (Å²) in [4.78, 5) is 12.4. The largest absolute Gasteiger partial charge is 0.504 e. The first-order valence-electron chi connectivity index (χ1n) is 10.1. The number of Topliss-reactive ketones (excluding diaryl/α,β-unsaturated/α-hetero) is 1. The number of phenolic OH excluding ortho intramolecular Hbond substituents is 1. The zero-order valence-corrected chi connectivity index (χ0v) is 15.5. The van der Waals surface area contributed by atoms with Crippen molar-refractivity contribution in [3.05, 3.63) is 23.3 Å². The van der Waals surface area contributed by atoms with Crippen molar-refractivity contribution < 1.29 is 14.6 Å². The molecule has 1 N–H and O–H groups in total. The summed E-state index contributed by atoms with van der Waals surface area (Å²) in [7, 11) is 0. The van der Waals surface area contributed by atoms with Gasteiger partial charge in [0.15, 0.2) is 11.5 Å². The van der Waals surface area contributed by atoms with E-state index in [-0.39, 0.29) is 11.2 Å². The van der Waals surface area contributed by atoms with Crippen LogP contribution in [0.2, 0.25) is 0 Å². The molecule has 0 aliphatic heterocycles. The number of rotatable bonds is 4. The molecular formula is C22H30O3. The Morgan fingerprint density at radius 1 is 1.24 bits per heavy atom. The van der Waals surface area contributed by atoms with E-state index in [0.717, 1.165) is 44.9 Å². The summed E-state index contributed by atoms with van der Waals surface area (Å²) in [5.41, 5.74) is 2.58. The number of carbonyl (C=O) groups is 1. The standard InChI is InChI=1S/C22H30O3/c1-3-4-11-25-20-12-14-5-6-16-15(17(14)13-19(20)23)9-10-22(2)18(16)7-8-21(22)24/h12-13,15-16,18,23H,3-11H2,1-2H3/t15-,16+,18-,22-/m0/s1. The maximum absolute atomic E-state index is 12.4. The minimum Gasteiger partial charge on any atom is -0.504 e. The van der Waals surface area contributed by atoms with E-state index in [1.807, 2.05) is 6.07 Å². The Morgan fingerprint density at radius 3 is 2.88 bits per heavy atom. The SMILES string of the molecule is CCCCOc1cc2c(cc1O)[C@H]1CC[C@]3(C)C(=O)CC[C@H]3[C@@H]1CC2. The Kier molecular flexibility index (Phi) is 4.29. The molecular weight excluding hydrogens is 312 g/mol. The van der Waals surface area contributed by atoms with E-state index < -0.39 is 0 Å². The lowest BCUT2D eigenvalue weighted by Gasteiger charge is -2.48. The van der Waals surface area contributed by atoms with Gasteiger partial charge in [0.2, 0.25) is 0 Å². The van der Waals surface area contributed by atoms with E-state index in [1.54, 1.807) is 0 Å². The zero-order chi connectivity index (χ0) is 17.6. The molecule has 25 heavy (non-hydrogen) atoms. The predicted molar refractivity (Wildman–Crippen MR) is 98.1 cm³/mol. The molecule has 4 atom stereocenters. The summed E-state index contributed by atoms with van der Waals surface area (Å²) in [6.45, 7) is 5.01. The van der Waals surface area contributed by atoms with Gasteiger partial charge in [-0.3, -0.25) is 4.79 Å². The van der Waals surface area contributed by atoms with Gasteiger partial charge in [-0.25, -0.2) is 0 Å². The van der Waals surface area contributed by atoms with Gasteiger partial charge < -0.3 is 9.84 Å². The predicted octanol–water partition coefficient (Wildman–Crippen LogP) is 5.00. The molecule has 0 unspecified atom stereocenters. The number of fused-ring (bicyclic) bond motifs is 5. The van der Waals surface area contributed by atoms with Crippen molar-refractivity contribution in [3.8, 4) is 11.5 Å². The average Bonchev–Trinajstić information content (AvgIpc) is 2.91. The first kappa shape index (κ1) is 16.9. The van der Waals surface area contributed by atoms with Crippen LogP contribution < -0.4 is 4.74 Å². The van der Waals surface area contributed by atoms with Crippen molar-refractivity contribution in [2.75, 3.05) is 6.61 Å². The molecule has 2 fully saturated rings. The molecule has 0 spiro atoms. The molecule has 0 bridgehead atoms. The fourth-order valence-electron chi connectivity index (χ4n) is 5.80. The number of ether oxygens (including phenoxy) is 1.